The molecule has 1 aliphatic carbocycles. The minimum atomic E-state index is -0.587. The Morgan fingerprint density at radius 2 is 2.11 bits per heavy atom. The van der Waals surface area contributed by atoms with Gasteiger partial charge in [0.25, 0.3) is 5.91 Å². The monoisotopic (exact) mass is 255 g/mol. The molecule has 2 N–H and O–H groups in total. The second-order valence-electron chi connectivity index (χ2n) is 4.55. The number of hydrogen-bond donors (Lipinski definition) is 2. The number of benzene rings is 1. The van der Waals surface area contributed by atoms with E-state index in [9.17, 15) is 9.90 Å². The number of nitrogens with one attached hydrogen (secondary N) is 1. The summed E-state index contributed by atoms with van der Waals surface area (Å²) >= 11 is 0. The number of aromatic nitrogens is 2. The lowest BCUT2D eigenvalue weighted by atomic mass is 10.1. The fraction of sp³-hybridized carbons (Fsp3) is 0.214. The average molecular weight is 255 g/mol. The van der Waals surface area contributed by atoms with E-state index in [1.807, 2.05) is 24.3 Å². The van der Waals surface area contributed by atoms with Gasteiger partial charge in [-0.1, -0.05) is 24.3 Å². The maximum atomic E-state index is 12.1. The van der Waals surface area contributed by atoms with Gasteiger partial charge in [-0.2, -0.15) is 10.2 Å². The highest BCUT2D eigenvalue weighted by molar-refractivity contribution is 5.94. The zero-order chi connectivity index (χ0) is 13.2. The fourth-order valence-electron chi connectivity index (χ4n) is 2.40. The lowest BCUT2D eigenvalue weighted by molar-refractivity contribution is 0.0857. The van der Waals surface area contributed by atoms with Crippen molar-refractivity contribution in [2.24, 2.45) is 0 Å². The topological polar surface area (TPSA) is 75.1 Å². The Balaban J connectivity index is 1.82. The largest absolute Gasteiger partial charge is 0.390 e. The van der Waals surface area contributed by atoms with Crippen LogP contribution in [-0.4, -0.2) is 27.3 Å². The van der Waals surface area contributed by atoms with Crippen molar-refractivity contribution in [2.45, 2.75) is 18.6 Å². The van der Waals surface area contributed by atoms with E-state index in [4.69, 9.17) is 0 Å². The van der Waals surface area contributed by atoms with Gasteiger partial charge in [-0.15, -0.1) is 0 Å². The first-order valence-corrected chi connectivity index (χ1v) is 6.09. The van der Waals surface area contributed by atoms with Gasteiger partial charge >= 0.3 is 0 Å². The maximum absolute atomic E-state index is 12.1. The van der Waals surface area contributed by atoms with Gasteiger partial charge in [-0.05, 0) is 17.2 Å². The highest BCUT2D eigenvalue weighted by atomic mass is 16.3. The molecule has 1 heterocycles. The van der Waals surface area contributed by atoms with Crippen molar-refractivity contribution < 1.29 is 9.90 Å². The molecule has 5 nitrogen and oxygen atoms in total. The van der Waals surface area contributed by atoms with Crippen LogP contribution in [0.2, 0.25) is 0 Å². The predicted octanol–water partition coefficient (Wildman–Crippen LogP) is 0.865. The van der Waals surface area contributed by atoms with E-state index >= 15 is 0 Å². The molecule has 0 saturated carbocycles. The molecule has 96 valence electrons. The van der Waals surface area contributed by atoms with Crippen LogP contribution in [0.1, 0.15) is 27.5 Å². The van der Waals surface area contributed by atoms with Crippen molar-refractivity contribution in [1.29, 1.82) is 0 Å². The molecule has 0 radical (unpaired) electrons. The number of rotatable bonds is 2. The molecule has 0 saturated heterocycles. The van der Waals surface area contributed by atoms with Gasteiger partial charge in [0.05, 0.1) is 30.1 Å². The van der Waals surface area contributed by atoms with Crippen molar-refractivity contribution in [3.05, 3.63) is 59.4 Å². The van der Waals surface area contributed by atoms with Crippen molar-refractivity contribution in [1.82, 2.24) is 15.5 Å². The smallest absolute Gasteiger partial charge is 0.253 e. The first-order valence-electron chi connectivity index (χ1n) is 6.09. The van der Waals surface area contributed by atoms with Crippen LogP contribution in [0.5, 0.6) is 0 Å². The van der Waals surface area contributed by atoms with E-state index in [-0.39, 0.29) is 11.9 Å². The van der Waals surface area contributed by atoms with Crippen LogP contribution in [0, 0.1) is 0 Å². The van der Waals surface area contributed by atoms with E-state index in [0.29, 0.717) is 12.0 Å². The molecule has 2 aromatic rings. The summed E-state index contributed by atoms with van der Waals surface area (Å²) in [7, 11) is 0. The first kappa shape index (κ1) is 11.8. The molecule has 19 heavy (non-hydrogen) atoms. The van der Waals surface area contributed by atoms with Crippen LogP contribution in [-0.2, 0) is 6.42 Å². The standard InChI is InChI=1S/C14H13N3O2/c18-12-7-9-3-1-2-4-11(9)13(12)17-14(19)10-5-6-15-16-8-10/h1-6,8,12-13,18H,7H2,(H,17,19)/t12-,13+/m0/s1. The summed E-state index contributed by atoms with van der Waals surface area (Å²) in [6.07, 6.45) is 2.85. The third-order valence-corrected chi connectivity index (χ3v) is 3.34. The minimum absolute atomic E-state index is 0.254. The Kier molecular flexibility index (Phi) is 2.97. The Labute approximate surface area is 110 Å². The Morgan fingerprint density at radius 3 is 2.89 bits per heavy atom. The van der Waals surface area contributed by atoms with Gasteiger partial charge in [0.2, 0.25) is 0 Å². The summed E-state index contributed by atoms with van der Waals surface area (Å²) in [5.74, 6) is -0.254. The van der Waals surface area contributed by atoms with Crippen LogP contribution < -0.4 is 5.32 Å². The number of carbonyl (C=O) groups excluding carboxylic acids is 1. The van der Waals surface area contributed by atoms with Crippen molar-refractivity contribution in [3.8, 4) is 0 Å². The van der Waals surface area contributed by atoms with Gasteiger partial charge in [0.1, 0.15) is 0 Å². The van der Waals surface area contributed by atoms with Crippen molar-refractivity contribution >= 4 is 5.91 Å². The van der Waals surface area contributed by atoms with E-state index in [2.05, 4.69) is 15.5 Å². The Morgan fingerprint density at radius 1 is 1.26 bits per heavy atom. The molecule has 0 fully saturated rings. The normalized spacial score (nSPS) is 20.9. The number of carbonyl (C=O) groups is 1. The summed E-state index contributed by atoms with van der Waals surface area (Å²) in [5, 5.41) is 20.2. The lowest BCUT2D eigenvalue weighted by Gasteiger charge is -2.17. The first-order chi connectivity index (χ1) is 9.25. The number of aliphatic hydroxyl groups excluding tert-OH is 1. The Bertz CT molecular complexity index is 601. The molecular weight excluding hydrogens is 242 g/mol. The zero-order valence-corrected chi connectivity index (χ0v) is 10.2. The molecule has 1 aliphatic rings. The van der Waals surface area contributed by atoms with Crippen molar-refractivity contribution in [2.75, 3.05) is 0 Å². The molecule has 1 aromatic carbocycles. The van der Waals surface area contributed by atoms with E-state index in [1.165, 1.54) is 12.4 Å². The summed E-state index contributed by atoms with van der Waals surface area (Å²) < 4.78 is 0. The third-order valence-electron chi connectivity index (χ3n) is 3.34. The number of hydrogen-bond acceptors (Lipinski definition) is 4. The molecule has 0 spiro atoms. The summed E-state index contributed by atoms with van der Waals surface area (Å²) in [5.41, 5.74) is 2.49. The lowest BCUT2D eigenvalue weighted by Crippen LogP contribution is -2.33. The van der Waals surface area contributed by atoms with Gasteiger partial charge in [-0.3, -0.25) is 4.79 Å². The molecule has 0 unspecified atom stereocenters. The minimum Gasteiger partial charge on any atom is -0.390 e. The maximum Gasteiger partial charge on any atom is 0.253 e. The summed E-state index contributed by atoms with van der Waals surface area (Å²) in [6, 6.07) is 8.97. The number of nitrogens with zero attached hydrogens (tertiary/aromatic N) is 2. The van der Waals surface area contributed by atoms with Crippen LogP contribution >= 0.6 is 0 Å². The van der Waals surface area contributed by atoms with Gasteiger partial charge in [0, 0.05) is 6.42 Å². The number of amides is 1. The third kappa shape index (κ3) is 2.20. The SMILES string of the molecule is O=C(N[C@@H]1c2ccccc2C[C@@H]1O)c1ccnnc1. The van der Waals surface area contributed by atoms with Gasteiger partial charge < -0.3 is 10.4 Å². The highest BCUT2D eigenvalue weighted by Crippen LogP contribution is 2.31. The molecule has 2 atom stereocenters. The molecule has 3 rings (SSSR count). The van der Waals surface area contributed by atoms with E-state index < -0.39 is 6.10 Å². The number of fused-ring (bicyclic) bond motifs is 1. The second kappa shape index (κ2) is 4.78. The predicted molar refractivity (Wildman–Crippen MR) is 68.4 cm³/mol. The highest BCUT2D eigenvalue weighted by Gasteiger charge is 2.31. The van der Waals surface area contributed by atoms with Crippen molar-refractivity contribution in [3.63, 3.8) is 0 Å². The summed E-state index contributed by atoms with van der Waals surface area (Å²) in [4.78, 5) is 12.1. The fourth-order valence-corrected chi connectivity index (χ4v) is 2.40. The van der Waals surface area contributed by atoms with Crippen LogP contribution in [0.4, 0.5) is 0 Å². The van der Waals surface area contributed by atoms with Crippen LogP contribution in [0.3, 0.4) is 0 Å². The summed E-state index contributed by atoms with van der Waals surface area (Å²) in [6.45, 7) is 0. The molecular formula is C14H13N3O2. The Hall–Kier alpha value is -2.27. The van der Waals surface area contributed by atoms with E-state index in [1.54, 1.807) is 6.07 Å². The average Bonchev–Trinajstić information content (AvgIpc) is 2.76. The molecule has 1 aromatic heterocycles. The molecule has 1 amide bonds. The van der Waals surface area contributed by atoms with E-state index in [0.717, 1.165) is 11.1 Å². The van der Waals surface area contributed by atoms with Gasteiger partial charge in [-0.25, -0.2) is 0 Å². The van der Waals surface area contributed by atoms with Crippen LogP contribution in [0.15, 0.2) is 42.7 Å². The van der Waals surface area contributed by atoms with Crippen LogP contribution in [0.25, 0.3) is 0 Å². The zero-order valence-electron chi connectivity index (χ0n) is 10.2. The second-order valence-corrected chi connectivity index (χ2v) is 4.55. The quantitative estimate of drug-likeness (QED) is 0.834. The molecule has 0 bridgehead atoms. The number of aliphatic hydroxyl groups is 1. The molecule has 5 heteroatoms. The van der Waals surface area contributed by atoms with Gasteiger partial charge in [0.15, 0.2) is 0 Å². The molecule has 0 aliphatic heterocycles.